The molecule has 0 aromatic heterocycles. The second-order valence-corrected chi connectivity index (χ2v) is 6.58. The van der Waals surface area contributed by atoms with Crippen LogP contribution in [0.15, 0.2) is 83.9 Å². The third-order valence-corrected chi connectivity index (χ3v) is 4.66. The van der Waals surface area contributed by atoms with Crippen molar-refractivity contribution in [1.29, 1.82) is 0 Å². The molecule has 1 heterocycles. The number of amides is 2. The number of aliphatic imine (C=N–C) groups is 1. The lowest BCUT2D eigenvalue weighted by Crippen LogP contribution is -2.26. The summed E-state index contributed by atoms with van der Waals surface area (Å²) in [6.07, 6.45) is 0. The van der Waals surface area contributed by atoms with E-state index in [2.05, 4.69) is 10.3 Å². The van der Waals surface area contributed by atoms with Gasteiger partial charge in [-0.25, -0.2) is 4.79 Å². The molecule has 3 aromatic carbocycles. The van der Waals surface area contributed by atoms with E-state index in [1.807, 2.05) is 71.6 Å². The Morgan fingerprint density at radius 2 is 1.57 bits per heavy atom. The van der Waals surface area contributed by atoms with E-state index in [0.29, 0.717) is 23.6 Å². The topological polar surface area (TPSA) is 61.8 Å². The highest BCUT2D eigenvalue weighted by atomic mass is 16.2. The van der Waals surface area contributed by atoms with E-state index in [0.717, 1.165) is 16.8 Å². The van der Waals surface area contributed by atoms with Crippen molar-refractivity contribution < 1.29 is 9.59 Å². The molecule has 3 aromatic rings. The quantitative estimate of drug-likeness (QED) is 0.669. The second-order valence-electron chi connectivity index (χ2n) is 6.58. The summed E-state index contributed by atoms with van der Waals surface area (Å²) in [5.74, 6) is 0.618. The maximum absolute atomic E-state index is 12.5. The van der Waals surface area contributed by atoms with Crippen LogP contribution in [0.5, 0.6) is 0 Å². The number of benzene rings is 3. The van der Waals surface area contributed by atoms with Crippen molar-refractivity contribution in [3.63, 3.8) is 0 Å². The predicted octanol–water partition coefficient (Wildman–Crippen LogP) is 4.89. The molecule has 2 amide bonds. The summed E-state index contributed by atoms with van der Waals surface area (Å²) in [5.41, 5.74) is 4.26. The number of Topliss-reactive ketones (excluding diaryl/α,β-unsaturated/α-hetero) is 1. The highest BCUT2D eigenvalue weighted by Crippen LogP contribution is 2.29. The molecule has 0 saturated carbocycles. The molecule has 0 bridgehead atoms. The van der Waals surface area contributed by atoms with Crippen LogP contribution < -0.4 is 10.2 Å². The summed E-state index contributed by atoms with van der Waals surface area (Å²) in [4.78, 5) is 30.4. The second kappa shape index (κ2) is 7.48. The molecule has 138 valence electrons. The number of amidine groups is 1. The van der Waals surface area contributed by atoms with Gasteiger partial charge in [-0.05, 0) is 48.9 Å². The maximum atomic E-state index is 12.5. The summed E-state index contributed by atoms with van der Waals surface area (Å²) in [7, 11) is 0. The molecule has 0 unspecified atom stereocenters. The fourth-order valence-electron chi connectivity index (χ4n) is 3.25. The van der Waals surface area contributed by atoms with Crippen molar-refractivity contribution in [3.8, 4) is 0 Å². The van der Waals surface area contributed by atoms with Gasteiger partial charge in [-0.1, -0.05) is 42.5 Å². The molecule has 0 spiro atoms. The van der Waals surface area contributed by atoms with E-state index >= 15 is 0 Å². The van der Waals surface area contributed by atoms with E-state index < -0.39 is 6.03 Å². The molecule has 1 aliphatic heterocycles. The van der Waals surface area contributed by atoms with Gasteiger partial charge in [-0.15, -0.1) is 0 Å². The minimum atomic E-state index is -0.428. The molecule has 0 aliphatic carbocycles. The van der Waals surface area contributed by atoms with E-state index in [9.17, 15) is 9.59 Å². The predicted molar refractivity (Wildman–Crippen MR) is 111 cm³/mol. The Hall–Kier alpha value is -3.73. The van der Waals surface area contributed by atoms with Crippen molar-refractivity contribution in [3.05, 3.63) is 95.6 Å². The number of carbonyl (C=O) groups excluding carboxylic acids is 2. The number of fused-ring (bicyclic) bond motifs is 1. The maximum Gasteiger partial charge on any atom is 0.347 e. The molecular weight excluding hydrogens is 350 g/mol. The molecule has 1 N–H and O–H groups in total. The number of carbonyl (C=O) groups is 2. The number of para-hydroxylation sites is 1. The lowest BCUT2D eigenvalue weighted by Gasteiger charge is -2.19. The largest absolute Gasteiger partial charge is 0.347 e. The summed E-state index contributed by atoms with van der Waals surface area (Å²) >= 11 is 0. The summed E-state index contributed by atoms with van der Waals surface area (Å²) < 4.78 is 0. The van der Waals surface area contributed by atoms with Crippen molar-refractivity contribution in [2.45, 2.75) is 13.5 Å². The number of ketones is 1. The molecule has 5 heteroatoms. The first-order valence-electron chi connectivity index (χ1n) is 9.03. The van der Waals surface area contributed by atoms with E-state index in [-0.39, 0.29) is 5.78 Å². The zero-order chi connectivity index (χ0) is 19.5. The average Bonchev–Trinajstić information content (AvgIpc) is 3.07. The molecule has 1 aliphatic rings. The Kier molecular flexibility index (Phi) is 4.72. The summed E-state index contributed by atoms with van der Waals surface area (Å²) in [6, 6.07) is 24.1. The molecule has 28 heavy (non-hydrogen) atoms. The fraction of sp³-hybridized carbons (Fsp3) is 0.0870. The highest BCUT2D eigenvalue weighted by Gasteiger charge is 2.27. The van der Waals surface area contributed by atoms with E-state index in [1.54, 1.807) is 19.1 Å². The Morgan fingerprint density at radius 1 is 0.893 bits per heavy atom. The van der Waals surface area contributed by atoms with Gasteiger partial charge in [-0.3, -0.25) is 4.79 Å². The third-order valence-electron chi connectivity index (χ3n) is 4.66. The normalized spacial score (nSPS) is 14.0. The van der Waals surface area contributed by atoms with Gasteiger partial charge in [0.2, 0.25) is 0 Å². The number of hydrogen-bond acceptors (Lipinski definition) is 2. The standard InChI is InChI=1S/C23H19N3O2/c1-16(27)17-11-13-20(14-12-17)26-15-18-7-5-6-10-21(18)22(26)25-23(28)24-19-8-3-2-4-9-19/h2-14H,15H2,1H3,(H,24,28)/b25-22-. The van der Waals surface area contributed by atoms with Gasteiger partial charge >= 0.3 is 6.03 Å². The number of nitrogens with zero attached hydrogens (tertiary/aromatic N) is 2. The van der Waals surface area contributed by atoms with Crippen LogP contribution in [0, 0.1) is 0 Å². The van der Waals surface area contributed by atoms with Gasteiger partial charge in [0.15, 0.2) is 5.78 Å². The monoisotopic (exact) mass is 369 g/mol. The molecule has 5 nitrogen and oxygen atoms in total. The summed E-state index contributed by atoms with van der Waals surface area (Å²) in [6.45, 7) is 2.16. The van der Waals surface area contributed by atoms with Gasteiger partial charge in [0, 0.05) is 22.5 Å². The minimum Gasteiger partial charge on any atom is -0.321 e. The van der Waals surface area contributed by atoms with Crippen LogP contribution in [0.3, 0.4) is 0 Å². The Balaban J connectivity index is 1.68. The minimum absolute atomic E-state index is 0.0207. The van der Waals surface area contributed by atoms with Crippen molar-refractivity contribution in [1.82, 2.24) is 0 Å². The number of urea groups is 1. The number of hydrogen-bond donors (Lipinski definition) is 1. The van der Waals surface area contributed by atoms with Gasteiger partial charge in [-0.2, -0.15) is 4.99 Å². The van der Waals surface area contributed by atoms with Gasteiger partial charge in [0.05, 0.1) is 6.54 Å². The first kappa shape index (κ1) is 17.7. The molecule has 0 atom stereocenters. The summed E-state index contributed by atoms with van der Waals surface area (Å²) in [5, 5.41) is 2.80. The van der Waals surface area contributed by atoms with Gasteiger partial charge < -0.3 is 10.2 Å². The third kappa shape index (κ3) is 3.55. The van der Waals surface area contributed by atoms with Gasteiger partial charge in [0.1, 0.15) is 5.84 Å². The molecule has 0 saturated heterocycles. The van der Waals surface area contributed by atoms with Crippen LogP contribution >= 0.6 is 0 Å². The Labute approximate surface area is 163 Å². The zero-order valence-electron chi connectivity index (χ0n) is 15.4. The van der Waals surface area contributed by atoms with E-state index in [1.165, 1.54) is 0 Å². The SMILES string of the molecule is CC(=O)c1ccc(N2Cc3ccccc3/C2=N/C(=O)Nc2ccccc2)cc1. The first-order chi connectivity index (χ1) is 13.6. The number of nitrogens with one attached hydrogen (secondary N) is 1. The highest BCUT2D eigenvalue weighted by molar-refractivity contribution is 6.18. The lowest BCUT2D eigenvalue weighted by atomic mass is 10.1. The van der Waals surface area contributed by atoms with Crippen LogP contribution in [-0.4, -0.2) is 17.6 Å². The van der Waals surface area contributed by atoms with Gasteiger partial charge in [0.25, 0.3) is 0 Å². The first-order valence-corrected chi connectivity index (χ1v) is 9.03. The van der Waals surface area contributed by atoms with Crippen molar-refractivity contribution in [2.24, 2.45) is 4.99 Å². The lowest BCUT2D eigenvalue weighted by molar-refractivity contribution is 0.101. The average molecular weight is 369 g/mol. The Morgan fingerprint density at radius 3 is 2.29 bits per heavy atom. The zero-order valence-corrected chi connectivity index (χ0v) is 15.4. The number of rotatable bonds is 3. The molecule has 0 radical (unpaired) electrons. The molecule has 4 rings (SSSR count). The number of anilines is 2. The van der Waals surface area contributed by atoms with Crippen LogP contribution in [0.4, 0.5) is 16.2 Å². The van der Waals surface area contributed by atoms with Crippen LogP contribution in [0.25, 0.3) is 0 Å². The van der Waals surface area contributed by atoms with Crippen LogP contribution in [-0.2, 0) is 6.54 Å². The molecule has 0 fully saturated rings. The Bertz CT molecular complexity index is 1060. The smallest absolute Gasteiger partial charge is 0.321 e. The van der Waals surface area contributed by atoms with E-state index in [4.69, 9.17) is 0 Å². The van der Waals surface area contributed by atoms with Crippen molar-refractivity contribution >= 4 is 29.0 Å². The van der Waals surface area contributed by atoms with Crippen LogP contribution in [0.1, 0.15) is 28.4 Å². The van der Waals surface area contributed by atoms with Crippen LogP contribution in [0.2, 0.25) is 0 Å². The fourth-order valence-corrected chi connectivity index (χ4v) is 3.25. The molecular formula is C23H19N3O2. The van der Waals surface area contributed by atoms with Crippen molar-refractivity contribution in [2.75, 3.05) is 10.2 Å².